The minimum absolute atomic E-state index is 0.562. The Kier molecular flexibility index (Phi) is 2.45. The van der Waals surface area contributed by atoms with E-state index in [0.717, 1.165) is 12.4 Å². The molecule has 1 aromatic rings. The number of aromatic nitrogens is 2. The van der Waals surface area contributed by atoms with Crippen LogP contribution in [0.2, 0.25) is 0 Å². The van der Waals surface area contributed by atoms with Gasteiger partial charge in [-0.15, -0.1) is 16.6 Å². The molecule has 0 unspecified atom stereocenters. The second-order valence-corrected chi connectivity index (χ2v) is 1.98. The maximum Gasteiger partial charge on any atom is 0.148 e. The zero-order chi connectivity index (χ0) is 8.10. The monoisotopic (exact) mass is 147 g/mol. The number of anilines is 1. The minimum Gasteiger partial charge on any atom is -0.369 e. The van der Waals surface area contributed by atoms with Gasteiger partial charge >= 0.3 is 0 Å². The van der Waals surface area contributed by atoms with E-state index in [1.807, 2.05) is 13.0 Å². The van der Waals surface area contributed by atoms with E-state index in [0.29, 0.717) is 5.69 Å². The van der Waals surface area contributed by atoms with Crippen molar-refractivity contribution in [2.24, 2.45) is 0 Å². The van der Waals surface area contributed by atoms with E-state index in [2.05, 4.69) is 21.4 Å². The lowest BCUT2D eigenvalue weighted by molar-refractivity contribution is 0.998. The lowest BCUT2D eigenvalue weighted by atomic mass is 10.4. The third-order valence-electron chi connectivity index (χ3n) is 1.17. The van der Waals surface area contributed by atoms with E-state index in [1.165, 1.54) is 0 Å². The van der Waals surface area contributed by atoms with Gasteiger partial charge in [0, 0.05) is 6.54 Å². The number of nitrogens with one attached hydrogen (secondary N) is 1. The highest BCUT2D eigenvalue weighted by atomic mass is 15.2. The molecule has 1 aromatic heterocycles. The van der Waals surface area contributed by atoms with E-state index in [9.17, 15) is 0 Å². The summed E-state index contributed by atoms with van der Waals surface area (Å²) in [4.78, 5) is 0. The molecule has 1 heterocycles. The molecule has 1 rings (SSSR count). The van der Waals surface area contributed by atoms with E-state index < -0.39 is 0 Å². The van der Waals surface area contributed by atoms with Crippen molar-refractivity contribution in [2.75, 3.05) is 11.9 Å². The molecule has 56 valence electrons. The van der Waals surface area contributed by atoms with Crippen molar-refractivity contribution >= 4 is 5.82 Å². The first-order valence-electron chi connectivity index (χ1n) is 3.41. The molecule has 0 aliphatic carbocycles. The SMILES string of the molecule is C#Cc1ccc(NCC)nn1. The van der Waals surface area contributed by atoms with Crippen LogP contribution in [0.5, 0.6) is 0 Å². The minimum atomic E-state index is 0.562. The summed E-state index contributed by atoms with van der Waals surface area (Å²) in [6.07, 6.45) is 5.10. The third-order valence-corrected chi connectivity index (χ3v) is 1.17. The van der Waals surface area contributed by atoms with Gasteiger partial charge in [0.1, 0.15) is 11.5 Å². The Morgan fingerprint density at radius 1 is 1.55 bits per heavy atom. The molecule has 0 aromatic carbocycles. The summed E-state index contributed by atoms with van der Waals surface area (Å²) in [5, 5.41) is 10.6. The molecule has 3 heteroatoms. The quantitative estimate of drug-likeness (QED) is 0.631. The molecule has 0 saturated heterocycles. The van der Waals surface area contributed by atoms with Crippen LogP contribution in [0.3, 0.4) is 0 Å². The molecule has 0 amide bonds. The fourth-order valence-electron chi connectivity index (χ4n) is 0.685. The van der Waals surface area contributed by atoms with Crippen LogP contribution in [0.4, 0.5) is 5.82 Å². The van der Waals surface area contributed by atoms with Gasteiger partial charge in [-0.2, -0.15) is 0 Å². The van der Waals surface area contributed by atoms with Crippen LogP contribution >= 0.6 is 0 Å². The van der Waals surface area contributed by atoms with Crippen LogP contribution < -0.4 is 5.32 Å². The highest BCUT2D eigenvalue weighted by molar-refractivity contribution is 5.35. The summed E-state index contributed by atoms with van der Waals surface area (Å²) < 4.78 is 0. The summed E-state index contributed by atoms with van der Waals surface area (Å²) in [5.41, 5.74) is 0.562. The van der Waals surface area contributed by atoms with Gasteiger partial charge in [0.05, 0.1) is 0 Å². The van der Waals surface area contributed by atoms with E-state index in [4.69, 9.17) is 6.42 Å². The first-order chi connectivity index (χ1) is 5.36. The van der Waals surface area contributed by atoms with Crippen molar-refractivity contribution < 1.29 is 0 Å². The number of terminal acetylenes is 1. The maximum absolute atomic E-state index is 5.10. The van der Waals surface area contributed by atoms with Gasteiger partial charge in [-0.25, -0.2) is 0 Å². The Bertz CT molecular complexity index is 258. The smallest absolute Gasteiger partial charge is 0.148 e. The van der Waals surface area contributed by atoms with Crippen molar-refractivity contribution in [3.05, 3.63) is 17.8 Å². The van der Waals surface area contributed by atoms with Gasteiger partial charge in [0.25, 0.3) is 0 Å². The second kappa shape index (κ2) is 3.57. The standard InChI is InChI=1S/C8H9N3/c1-3-7-5-6-8(9-4-2)11-10-7/h1,5-6H,4H2,2H3,(H,9,11). The van der Waals surface area contributed by atoms with E-state index in [-0.39, 0.29) is 0 Å². The van der Waals surface area contributed by atoms with E-state index >= 15 is 0 Å². The Labute approximate surface area is 65.8 Å². The Hall–Kier alpha value is -1.56. The fraction of sp³-hybridized carbons (Fsp3) is 0.250. The summed E-state index contributed by atoms with van der Waals surface area (Å²) in [6.45, 7) is 2.83. The molecule has 0 spiro atoms. The molecular weight excluding hydrogens is 138 g/mol. The summed E-state index contributed by atoms with van der Waals surface area (Å²) in [6, 6.07) is 3.57. The summed E-state index contributed by atoms with van der Waals surface area (Å²) in [5.74, 6) is 3.15. The maximum atomic E-state index is 5.10. The van der Waals surface area contributed by atoms with Crippen LogP contribution in [0, 0.1) is 12.3 Å². The molecule has 0 bridgehead atoms. The van der Waals surface area contributed by atoms with Crippen molar-refractivity contribution in [3.8, 4) is 12.3 Å². The van der Waals surface area contributed by atoms with Crippen LogP contribution in [-0.2, 0) is 0 Å². The fourth-order valence-corrected chi connectivity index (χ4v) is 0.685. The number of nitrogens with zero attached hydrogens (tertiary/aromatic N) is 2. The van der Waals surface area contributed by atoms with Gasteiger partial charge in [0.2, 0.25) is 0 Å². The summed E-state index contributed by atoms with van der Waals surface area (Å²) >= 11 is 0. The van der Waals surface area contributed by atoms with Crippen molar-refractivity contribution in [1.82, 2.24) is 10.2 Å². The average molecular weight is 147 g/mol. The van der Waals surface area contributed by atoms with Crippen molar-refractivity contribution in [1.29, 1.82) is 0 Å². The number of rotatable bonds is 2. The zero-order valence-electron chi connectivity index (χ0n) is 6.33. The first-order valence-corrected chi connectivity index (χ1v) is 3.41. The van der Waals surface area contributed by atoms with Gasteiger partial charge in [-0.05, 0) is 25.0 Å². The largest absolute Gasteiger partial charge is 0.369 e. The summed E-state index contributed by atoms with van der Waals surface area (Å²) in [7, 11) is 0. The van der Waals surface area contributed by atoms with Crippen LogP contribution in [0.25, 0.3) is 0 Å². The number of hydrogen-bond donors (Lipinski definition) is 1. The lowest BCUT2D eigenvalue weighted by Gasteiger charge is -1.98. The van der Waals surface area contributed by atoms with Crippen LogP contribution in [0.15, 0.2) is 12.1 Å². The molecule has 0 saturated carbocycles. The van der Waals surface area contributed by atoms with Crippen molar-refractivity contribution in [2.45, 2.75) is 6.92 Å². The molecule has 0 fully saturated rings. The second-order valence-electron chi connectivity index (χ2n) is 1.98. The molecule has 0 aliphatic rings. The third kappa shape index (κ3) is 1.94. The normalized spacial score (nSPS) is 8.73. The molecule has 0 atom stereocenters. The molecule has 3 nitrogen and oxygen atoms in total. The highest BCUT2D eigenvalue weighted by Gasteiger charge is 1.91. The molecule has 1 N–H and O–H groups in total. The average Bonchev–Trinajstić information content (AvgIpc) is 2.07. The predicted octanol–water partition coefficient (Wildman–Crippen LogP) is 0.890. The van der Waals surface area contributed by atoms with Gasteiger partial charge < -0.3 is 5.32 Å². The first kappa shape index (κ1) is 7.55. The molecule has 0 aliphatic heterocycles. The van der Waals surface area contributed by atoms with Gasteiger partial charge in [-0.3, -0.25) is 0 Å². The molecular formula is C8H9N3. The predicted molar refractivity (Wildman–Crippen MR) is 44.1 cm³/mol. The van der Waals surface area contributed by atoms with Crippen LogP contribution in [0.1, 0.15) is 12.6 Å². The highest BCUT2D eigenvalue weighted by Crippen LogP contribution is 1.99. The van der Waals surface area contributed by atoms with E-state index in [1.54, 1.807) is 6.07 Å². The molecule has 0 radical (unpaired) electrons. The van der Waals surface area contributed by atoms with Gasteiger partial charge in [0.15, 0.2) is 0 Å². The van der Waals surface area contributed by atoms with Gasteiger partial charge in [-0.1, -0.05) is 0 Å². The van der Waals surface area contributed by atoms with Crippen LogP contribution in [-0.4, -0.2) is 16.7 Å². The zero-order valence-corrected chi connectivity index (χ0v) is 6.33. The molecule has 11 heavy (non-hydrogen) atoms. The Morgan fingerprint density at radius 2 is 2.36 bits per heavy atom. The Morgan fingerprint density at radius 3 is 2.82 bits per heavy atom. The topological polar surface area (TPSA) is 37.8 Å². The lowest BCUT2D eigenvalue weighted by Crippen LogP contribution is -2.00. The van der Waals surface area contributed by atoms with Crippen molar-refractivity contribution in [3.63, 3.8) is 0 Å². The Balaban J connectivity index is 2.76. The number of hydrogen-bond acceptors (Lipinski definition) is 3.